The van der Waals surface area contributed by atoms with Gasteiger partial charge < -0.3 is 4.74 Å². The van der Waals surface area contributed by atoms with Crippen molar-refractivity contribution in [2.45, 2.75) is 44.5 Å². The van der Waals surface area contributed by atoms with Gasteiger partial charge in [-0.05, 0) is 38.3 Å². The summed E-state index contributed by atoms with van der Waals surface area (Å²) in [6.45, 7) is 5.12. The van der Waals surface area contributed by atoms with Crippen LogP contribution in [0.5, 0.6) is 0 Å². The zero-order valence-corrected chi connectivity index (χ0v) is 14.7. The van der Waals surface area contributed by atoms with Crippen LogP contribution in [0, 0.1) is 13.8 Å². The first kappa shape index (κ1) is 17.0. The molecule has 2 heterocycles. The Bertz CT molecular complexity index is 791. The first-order valence-electron chi connectivity index (χ1n) is 8.04. The summed E-state index contributed by atoms with van der Waals surface area (Å²) < 4.78 is 7.15. The van der Waals surface area contributed by atoms with E-state index in [1.165, 1.54) is 11.8 Å². The summed E-state index contributed by atoms with van der Waals surface area (Å²) in [5, 5.41) is 7.05. The molecule has 1 aromatic heterocycles. The molecule has 1 aliphatic heterocycles. The Kier molecular flexibility index (Phi) is 5.20. The molecule has 1 saturated heterocycles. The summed E-state index contributed by atoms with van der Waals surface area (Å²) in [4.78, 5) is 24.4. The lowest BCUT2D eigenvalue weighted by molar-refractivity contribution is 0.0941. The highest BCUT2D eigenvalue weighted by atomic mass is 32.2. The molecule has 1 aliphatic rings. The van der Waals surface area contributed by atoms with Crippen molar-refractivity contribution < 1.29 is 9.53 Å². The van der Waals surface area contributed by atoms with Crippen LogP contribution in [0.3, 0.4) is 0 Å². The number of ether oxygens (including phenoxy) is 1. The Balaban J connectivity index is 1.69. The number of aryl methyl sites for hydroxylation is 2. The molecule has 24 heavy (non-hydrogen) atoms. The lowest BCUT2D eigenvalue weighted by atomic mass is 10.0. The van der Waals surface area contributed by atoms with Crippen molar-refractivity contribution in [3.63, 3.8) is 0 Å². The summed E-state index contributed by atoms with van der Waals surface area (Å²) in [6, 6.07) is 5.85. The third-order valence-electron chi connectivity index (χ3n) is 4.16. The number of Topliss-reactive ketones (excluding diaryl/α,β-unsaturated/α-hetero) is 1. The molecule has 128 valence electrons. The second kappa shape index (κ2) is 7.36. The van der Waals surface area contributed by atoms with Crippen LogP contribution < -0.4 is 5.69 Å². The molecule has 2 aromatic rings. The van der Waals surface area contributed by atoms with Gasteiger partial charge in [0.05, 0.1) is 18.4 Å². The molecule has 0 spiro atoms. The fraction of sp³-hybridized carbons (Fsp3) is 0.471. The van der Waals surface area contributed by atoms with Crippen molar-refractivity contribution in [2.75, 3.05) is 12.4 Å². The van der Waals surface area contributed by atoms with Crippen LogP contribution in [0.25, 0.3) is 0 Å². The minimum atomic E-state index is -0.257. The SMILES string of the molecule is Cc1ccc(C)c(C(=O)CSc2n[nH]c(=O)n2C[C@H]2CCCO2)c1. The number of thioether (sulfide) groups is 1. The summed E-state index contributed by atoms with van der Waals surface area (Å²) in [5.41, 5.74) is 2.49. The number of hydrogen-bond donors (Lipinski definition) is 1. The van der Waals surface area contributed by atoms with Crippen molar-refractivity contribution >= 4 is 17.5 Å². The highest BCUT2D eigenvalue weighted by Gasteiger charge is 2.20. The fourth-order valence-corrected chi connectivity index (χ4v) is 3.65. The van der Waals surface area contributed by atoms with Crippen molar-refractivity contribution in [1.82, 2.24) is 14.8 Å². The predicted molar refractivity (Wildman–Crippen MR) is 92.8 cm³/mol. The number of hydrogen-bond acceptors (Lipinski definition) is 5. The summed E-state index contributed by atoms with van der Waals surface area (Å²) in [6.07, 6.45) is 2.02. The number of nitrogens with zero attached hydrogens (tertiary/aromatic N) is 2. The highest BCUT2D eigenvalue weighted by molar-refractivity contribution is 7.99. The van der Waals surface area contributed by atoms with E-state index in [1.807, 2.05) is 32.0 Å². The molecule has 1 N–H and O–H groups in total. The molecular weight excluding hydrogens is 326 g/mol. The molecule has 1 aromatic carbocycles. The number of ketones is 1. The van der Waals surface area contributed by atoms with Crippen LogP contribution >= 0.6 is 11.8 Å². The van der Waals surface area contributed by atoms with Gasteiger partial charge in [0.25, 0.3) is 0 Å². The maximum atomic E-state index is 12.5. The number of carbonyl (C=O) groups excluding carboxylic acids is 1. The van der Waals surface area contributed by atoms with E-state index in [2.05, 4.69) is 10.2 Å². The standard InChI is InChI=1S/C17H21N3O3S/c1-11-5-6-12(2)14(8-11)15(21)10-24-17-19-18-16(22)20(17)9-13-4-3-7-23-13/h5-6,8,13H,3-4,7,9-10H2,1-2H3,(H,18,22)/t13-/m1/s1. The number of aromatic amines is 1. The number of aromatic nitrogens is 3. The van der Waals surface area contributed by atoms with Gasteiger partial charge in [-0.3, -0.25) is 9.36 Å². The lowest BCUT2D eigenvalue weighted by Crippen LogP contribution is -2.25. The monoisotopic (exact) mass is 347 g/mol. The molecule has 0 amide bonds. The Morgan fingerprint density at radius 1 is 1.46 bits per heavy atom. The first-order chi connectivity index (χ1) is 11.5. The smallest absolute Gasteiger partial charge is 0.344 e. The molecule has 0 saturated carbocycles. The topological polar surface area (TPSA) is 77.0 Å². The van der Waals surface area contributed by atoms with Gasteiger partial charge in [0.2, 0.25) is 0 Å². The number of carbonyl (C=O) groups is 1. The second-order valence-corrected chi connectivity index (χ2v) is 7.03. The summed E-state index contributed by atoms with van der Waals surface area (Å²) in [7, 11) is 0. The average molecular weight is 347 g/mol. The van der Waals surface area contributed by atoms with E-state index >= 15 is 0 Å². The number of nitrogens with one attached hydrogen (secondary N) is 1. The molecule has 6 nitrogen and oxygen atoms in total. The number of H-pyrrole nitrogens is 1. The predicted octanol–water partition coefficient (Wildman–Crippen LogP) is 2.34. The van der Waals surface area contributed by atoms with Crippen molar-refractivity contribution in [3.8, 4) is 0 Å². The van der Waals surface area contributed by atoms with E-state index in [0.717, 1.165) is 36.1 Å². The van der Waals surface area contributed by atoms with Gasteiger partial charge in [-0.15, -0.1) is 5.10 Å². The maximum absolute atomic E-state index is 12.5. The fourth-order valence-electron chi connectivity index (χ4n) is 2.81. The number of benzene rings is 1. The normalized spacial score (nSPS) is 17.3. The summed E-state index contributed by atoms with van der Waals surface area (Å²) >= 11 is 1.28. The molecule has 0 bridgehead atoms. The van der Waals surface area contributed by atoms with Crippen molar-refractivity contribution in [2.24, 2.45) is 0 Å². The van der Waals surface area contributed by atoms with Gasteiger partial charge in [-0.1, -0.05) is 29.5 Å². The first-order valence-corrected chi connectivity index (χ1v) is 9.03. The Morgan fingerprint density at radius 2 is 2.29 bits per heavy atom. The Hall–Kier alpha value is -1.86. The van der Waals surface area contributed by atoms with Gasteiger partial charge in [0.15, 0.2) is 10.9 Å². The number of rotatable bonds is 6. The van der Waals surface area contributed by atoms with Gasteiger partial charge in [-0.25, -0.2) is 9.89 Å². The largest absolute Gasteiger partial charge is 0.376 e. The quantitative estimate of drug-likeness (QED) is 0.641. The van der Waals surface area contributed by atoms with E-state index in [9.17, 15) is 9.59 Å². The van der Waals surface area contributed by atoms with E-state index in [0.29, 0.717) is 11.7 Å². The van der Waals surface area contributed by atoms with Crippen LogP contribution in [0.1, 0.15) is 34.3 Å². The van der Waals surface area contributed by atoms with Gasteiger partial charge in [0.1, 0.15) is 0 Å². The lowest BCUT2D eigenvalue weighted by Gasteiger charge is -2.11. The van der Waals surface area contributed by atoms with Crippen LogP contribution in [0.2, 0.25) is 0 Å². The van der Waals surface area contributed by atoms with E-state index in [1.54, 1.807) is 4.57 Å². The highest BCUT2D eigenvalue weighted by Crippen LogP contribution is 2.20. The third kappa shape index (κ3) is 3.79. The molecular formula is C17H21N3O3S. The molecule has 1 fully saturated rings. The van der Waals surface area contributed by atoms with Crippen LogP contribution in [-0.2, 0) is 11.3 Å². The minimum absolute atomic E-state index is 0.0420. The van der Waals surface area contributed by atoms with Crippen molar-refractivity contribution in [1.29, 1.82) is 0 Å². The zero-order chi connectivity index (χ0) is 17.1. The van der Waals surface area contributed by atoms with E-state index in [4.69, 9.17) is 4.74 Å². The van der Waals surface area contributed by atoms with Crippen LogP contribution in [0.15, 0.2) is 28.2 Å². The Morgan fingerprint density at radius 3 is 3.04 bits per heavy atom. The van der Waals surface area contributed by atoms with E-state index in [-0.39, 0.29) is 23.3 Å². The van der Waals surface area contributed by atoms with Gasteiger partial charge in [0, 0.05) is 12.2 Å². The van der Waals surface area contributed by atoms with Crippen molar-refractivity contribution in [3.05, 3.63) is 45.4 Å². The Labute approximate surface area is 144 Å². The second-order valence-electron chi connectivity index (χ2n) is 6.09. The zero-order valence-electron chi connectivity index (χ0n) is 13.9. The van der Waals surface area contributed by atoms with Crippen LogP contribution in [-0.4, -0.2) is 39.0 Å². The average Bonchev–Trinajstić information content (AvgIpc) is 3.19. The molecule has 0 aliphatic carbocycles. The molecule has 0 radical (unpaired) electrons. The van der Waals surface area contributed by atoms with Gasteiger partial charge >= 0.3 is 5.69 Å². The maximum Gasteiger partial charge on any atom is 0.344 e. The van der Waals surface area contributed by atoms with Gasteiger partial charge in [-0.2, -0.15) is 0 Å². The third-order valence-corrected chi connectivity index (χ3v) is 5.14. The summed E-state index contributed by atoms with van der Waals surface area (Å²) in [5.74, 6) is 0.292. The molecule has 1 atom stereocenters. The minimum Gasteiger partial charge on any atom is -0.376 e. The molecule has 0 unspecified atom stereocenters. The van der Waals surface area contributed by atoms with Crippen LogP contribution in [0.4, 0.5) is 0 Å². The van der Waals surface area contributed by atoms with E-state index < -0.39 is 0 Å². The molecule has 3 rings (SSSR count). The molecule has 7 heteroatoms.